The number of rotatable bonds is 5. The predicted octanol–water partition coefficient (Wildman–Crippen LogP) is 4.34. The van der Waals surface area contributed by atoms with Crippen molar-refractivity contribution in [3.63, 3.8) is 0 Å². The largest absolute Gasteiger partial charge is 0.497 e. The number of benzene rings is 2. The van der Waals surface area contributed by atoms with Crippen LogP contribution in [0.15, 0.2) is 52.9 Å². The molecule has 1 amide bonds. The van der Waals surface area contributed by atoms with Crippen LogP contribution in [0, 0.1) is 11.3 Å². The van der Waals surface area contributed by atoms with Gasteiger partial charge >= 0.3 is 0 Å². The Morgan fingerprint density at radius 2 is 1.78 bits per heavy atom. The van der Waals surface area contributed by atoms with Crippen LogP contribution in [0.4, 0.5) is 5.88 Å². The number of oxazole rings is 1. The Labute approximate surface area is 191 Å². The van der Waals surface area contributed by atoms with Crippen LogP contribution in [0.2, 0.25) is 5.02 Å². The molecule has 1 aliphatic rings. The summed E-state index contributed by atoms with van der Waals surface area (Å²) in [6, 6.07) is 16.5. The Hall–Kier alpha value is -3.76. The lowest BCUT2D eigenvalue weighted by Crippen LogP contribution is -2.48. The lowest BCUT2D eigenvalue weighted by atomic mass is 10.1. The summed E-state index contributed by atoms with van der Waals surface area (Å²) in [5.74, 6) is 1.46. The van der Waals surface area contributed by atoms with E-state index in [-0.39, 0.29) is 11.6 Å². The molecule has 0 bridgehead atoms. The summed E-state index contributed by atoms with van der Waals surface area (Å²) in [5.41, 5.74) is 1.79. The normalized spacial score (nSPS) is 13.9. The second-order valence-electron chi connectivity index (χ2n) is 7.21. The number of carbonyl (C=O) groups excluding carboxylic acids is 1. The summed E-state index contributed by atoms with van der Waals surface area (Å²) in [6.45, 7) is 2.14. The number of piperazine rings is 1. The SMILES string of the molecule is COc1ccc(C(=O)N2CCN(c3oc(C=Cc4ccc(Cl)cc4)nc3C#N)CC2)cc1. The number of methoxy groups -OCH3 is 1. The van der Waals surface area contributed by atoms with E-state index >= 15 is 0 Å². The second-order valence-corrected chi connectivity index (χ2v) is 7.65. The molecule has 0 spiro atoms. The molecule has 0 aliphatic carbocycles. The van der Waals surface area contributed by atoms with Crippen molar-refractivity contribution in [3.8, 4) is 11.8 Å². The van der Waals surface area contributed by atoms with Gasteiger partial charge < -0.3 is 19.0 Å². The molecule has 162 valence electrons. The van der Waals surface area contributed by atoms with Crippen molar-refractivity contribution in [2.24, 2.45) is 0 Å². The minimum absolute atomic E-state index is 0.0306. The summed E-state index contributed by atoms with van der Waals surface area (Å²) in [7, 11) is 1.59. The van der Waals surface area contributed by atoms with E-state index in [9.17, 15) is 10.1 Å². The molecule has 4 rings (SSSR count). The molecule has 1 saturated heterocycles. The summed E-state index contributed by atoms with van der Waals surface area (Å²) in [5, 5.41) is 10.2. The van der Waals surface area contributed by atoms with E-state index in [1.54, 1.807) is 54.5 Å². The van der Waals surface area contributed by atoms with Gasteiger partial charge in [-0.15, -0.1) is 0 Å². The van der Waals surface area contributed by atoms with Crippen molar-refractivity contribution < 1.29 is 13.9 Å². The van der Waals surface area contributed by atoms with E-state index in [2.05, 4.69) is 11.1 Å². The molecule has 2 heterocycles. The van der Waals surface area contributed by atoms with Crippen LogP contribution in [-0.4, -0.2) is 49.1 Å². The van der Waals surface area contributed by atoms with Gasteiger partial charge in [0.2, 0.25) is 17.5 Å². The fraction of sp³-hybridized carbons (Fsp3) is 0.208. The van der Waals surface area contributed by atoms with E-state index in [1.807, 2.05) is 23.1 Å². The van der Waals surface area contributed by atoms with Crippen LogP contribution < -0.4 is 9.64 Å². The monoisotopic (exact) mass is 448 g/mol. The molecule has 1 aliphatic heterocycles. The average Bonchev–Trinajstić information content (AvgIpc) is 3.27. The highest BCUT2D eigenvalue weighted by atomic mass is 35.5. The summed E-state index contributed by atoms with van der Waals surface area (Å²) in [6.07, 6.45) is 3.57. The number of hydrogen-bond acceptors (Lipinski definition) is 6. The topological polar surface area (TPSA) is 82.6 Å². The molecule has 7 nitrogen and oxygen atoms in total. The van der Waals surface area contributed by atoms with Gasteiger partial charge in [-0.2, -0.15) is 10.2 Å². The number of amides is 1. The van der Waals surface area contributed by atoms with Gasteiger partial charge in [-0.1, -0.05) is 23.7 Å². The van der Waals surface area contributed by atoms with Crippen LogP contribution >= 0.6 is 11.6 Å². The third-order valence-corrected chi connectivity index (χ3v) is 5.46. The smallest absolute Gasteiger partial charge is 0.253 e. The second kappa shape index (κ2) is 9.58. The van der Waals surface area contributed by atoms with E-state index in [1.165, 1.54) is 0 Å². The van der Waals surface area contributed by atoms with Crippen molar-refractivity contribution in [1.82, 2.24) is 9.88 Å². The van der Waals surface area contributed by atoms with Crippen LogP contribution in [0.5, 0.6) is 5.75 Å². The number of aromatic nitrogens is 1. The highest BCUT2D eigenvalue weighted by Crippen LogP contribution is 2.25. The van der Waals surface area contributed by atoms with Crippen molar-refractivity contribution in [3.05, 3.63) is 76.3 Å². The molecule has 1 aromatic heterocycles. The molecule has 0 saturated carbocycles. The van der Waals surface area contributed by atoms with E-state index in [0.717, 1.165) is 5.56 Å². The van der Waals surface area contributed by atoms with Crippen LogP contribution in [0.1, 0.15) is 27.5 Å². The van der Waals surface area contributed by atoms with Gasteiger partial charge in [0.25, 0.3) is 5.91 Å². The standard InChI is InChI=1S/C24H21ClN4O3/c1-31-20-9-5-18(6-10-20)23(30)28-12-14-29(15-13-28)24-21(16-26)27-22(32-24)11-4-17-2-7-19(25)8-3-17/h2-11H,12-15H2,1H3. The minimum atomic E-state index is -0.0306. The molecular weight excluding hydrogens is 428 g/mol. The Kier molecular flexibility index (Phi) is 6.43. The quantitative estimate of drug-likeness (QED) is 0.577. The van der Waals surface area contributed by atoms with Gasteiger partial charge in [0, 0.05) is 42.8 Å². The molecule has 0 radical (unpaired) electrons. The Morgan fingerprint density at radius 1 is 1.09 bits per heavy atom. The first-order valence-electron chi connectivity index (χ1n) is 10.1. The number of hydrogen-bond donors (Lipinski definition) is 0. The van der Waals surface area contributed by atoms with Crippen LogP contribution in [0.3, 0.4) is 0 Å². The first kappa shape index (κ1) is 21.5. The highest BCUT2D eigenvalue weighted by molar-refractivity contribution is 6.30. The number of nitriles is 1. The number of carbonyl (C=O) groups is 1. The lowest BCUT2D eigenvalue weighted by molar-refractivity contribution is 0.0745. The fourth-order valence-electron chi connectivity index (χ4n) is 3.46. The van der Waals surface area contributed by atoms with Gasteiger partial charge in [0.1, 0.15) is 11.8 Å². The number of ether oxygens (including phenoxy) is 1. The number of nitrogens with zero attached hydrogens (tertiary/aromatic N) is 4. The zero-order chi connectivity index (χ0) is 22.5. The lowest BCUT2D eigenvalue weighted by Gasteiger charge is -2.34. The van der Waals surface area contributed by atoms with Gasteiger partial charge in [0.05, 0.1) is 7.11 Å². The van der Waals surface area contributed by atoms with Gasteiger partial charge in [-0.3, -0.25) is 4.79 Å². The van der Waals surface area contributed by atoms with Crippen molar-refractivity contribution in [2.45, 2.75) is 0 Å². The van der Waals surface area contributed by atoms with E-state index in [4.69, 9.17) is 20.8 Å². The van der Waals surface area contributed by atoms with Gasteiger partial charge in [0.15, 0.2) is 0 Å². The molecule has 0 N–H and O–H groups in total. The molecule has 2 aromatic carbocycles. The molecule has 32 heavy (non-hydrogen) atoms. The zero-order valence-electron chi connectivity index (χ0n) is 17.5. The summed E-state index contributed by atoms with van der Waals surface area (Å²) < 4.78 is 11.0. The van der Waals surface area contributed by atoms with Crippen LogP contribution in [0.25, 0.3) is 12.2 Å². The molecule has 0 unspecified atom stereocenters. The van der Waals surface area contributed by atoms with Crippen LogP contribution in [-0.2, 0) is 0 Å². The Morgan fingerprint density at radius 3 is 2.41 bits per heavy atom. The Balaban J connectivity index is 1.42. The third-order valence-electron chi connectivity index (χ3n) is 5.21. The number of halogens is 1. The maximum absolute atomic E-state index is 12.8. The van der Waals surface area contributed by atoms with Gasteiger partial charge in [-0.25, -0.2) is 0 Å². The zero-order valence-corrected chi connectivity index (χ0v) is 18.2. The van der Waals surface area contributed by atoms with Gasteiger partial charge in [-0.05, 0) is 48.0 Å². The average molecular weight is 449 g/mol. The minimum Gasteiger partial charge on any atom is -0.497 e. The summed E-state index contributed by atoms with van der Waals surface area (Å²) in [4.78, 5) is 20.8. The number of anilines is 1. The van der Waals surface area contributed by atoms with Crippen molar-refractivity contribution >= 4 is 35.5 Å². The first-order valence-corrected chi connectivity index (χ1v) is 10.5. The van der Waals surface area contributed by atoms with E-state index in [0.29, 0.717) is 54.3 Å². The van der Waals surface area contributed by atoms with Crippen molar-refractivity contribution in [1.29, 1.82) is 5.26 Å². The molecular formula is C24H21ClN4O3. The molecule has 8 heteroatoms. The van der Waals surface area contributed by atoms with E-state index < -0.39 is 0 Å². The third kappa shape index (κ3) is 4.76. The predicted molar refractivity (Wildman–Crippen MR) is 123 cm³/mol. The maximum Gasteiger partial charge on any atom is 0.253 e. The molecule has 1 fully saturated rings. The fourth-order valence-corrected chi connectivity index (χ4v) is 3.58. The summed E-state index contributed by atoms with van der Waals surface area (Å²) >= 11 is 5.91. The maximum atomic E-state index is 12.8. The van der Waals surface area contributed by atoms with Crippen molar-refractivity contribution in [2.75, 3.05) is 38.2 Å². The highest BCUT2D eigenvalue weighted by Gasteiger charge is 2.26. The molecule has 0 atom stereocenters. The molecule has 3 aromatic rings. The first-order chi connectivity index (χ1) is 15.6. The Bertz CT molecular complexity index is 1160.